The van der Waals surface area contributed by atoms with Crippen LogP contribution in [0.5, 0.6) is 0 Å². The van der Waals surface area contributed by atoms with E-state index in [0.29, 0.717) is 24.2 Å². The zero-order valence-corrected chi connectivity index (χ0v) is 18.5. The van der Waals surface area contributed by atoms with Crippen molar-refractivity contribution >= 4 is 11.7 Å². The lowest BCUT2D eigenvalue weighted by atomic mass is 10.0. The molecular formula is C24H26F2N4O2. The normalized spacial score (nSPS) is 11.3. The van der Waals surface area contributed by atoms with Crippen molar-refractivity contribution in [3.63, 3.8) is 0 Å². The number of aryl methyl sites for hydroxylation is 1. The third kappa shape index (κ3) is 5.85. The first kappa shape index (κ1) is 23.3. The number of urea groups is 1. The molecule has 0 aliphatic heterocycles. The summed E-state index contributed by atoms with van der Waals surface area (Å²) in [7, 11) is 1.59. The number of hydrogen-bond acceptors (Lipinski definition) is 4. The Hall–Kier alpha value is -3.39. The summed E-state index contributed by atoms with van der Waals surface area (Å²) in [6, 6.07) is 8.47. The number of pyridine rings is 2. The van der Waals surface area contributed by atoms with Crippen LogP contribution in [0.15, 0.2) is 48.8 Å². The van der Waals surface area contributed by atoms with Gasteiger partial charge in [-0.15, -0.1) is 0 Å². The maximum absolute atomic E-state index is 14.6. The summed E-state index contributed by atoms with van der Waals surface area (Å²) < 4.78 is 34.3. The van der Waals surface area contributed by atoms with E-state index < -0.39 is 23.3 Å². The first-order valence-corrected chi connectivity index (χ1v) is 10.2. The molecule has 0 radical (unpaired) electrons. The Morgan fingerprint density at radius 1 is 1.03 bits per heavy atom. The number of methoxy groups -OCH3 is 1. The van der Waals surface area contributed by atoms with Crippen LogP contribution >= 0.6 is 0 Å². The van der Waals surface area contributed by atoms with Gasteiger partial charge in [0.05, 0.1) is 17.0 Å². The lowest BCUT2D eigenvalue weighted by molar-refractivity contribution is 0.0165. The molecule has 32 heavy (non-hydrogen) atoms. The fourth-order valence-electron chi connectivity index (χ4n) is 3.07. The van der Waals surface area contributed by atoms with Gasteiger partial charge in [0.2, 0.25) is 0 Å². The Morgan fingerprint density at radius 3 is 2.47 bits per heavy atom. The van der Waals surface area contributed by atoms with Crippen molar-refractivity contribution in [3.05, 3.63) is 66.1 Å². The zero-order chi connectivity index (χ0) is 23.3. The number of aromatic nitrogens is 2. The number of rotatable bonds is 7. The van der Waals surface area contributed by atoms with Crippen LogP contribution in [0.4, 0.5) is 19.3 Å². The summed E-state index contributed by atoms with van der Waals surface area (Å²) >= 11 is 0. The average Bonchev–Trinajstić information content (AvgIpc) is 2.75. The van der Waals surface area contributed by atoms with E-state index in [9.17, 15) is 13.6 Å². The zero-order valence-electron chi connectivity index (χ0n) is 18.5. The molecule has 2 amide bonds. The number of amides is 2. The predicted molar refractivity (Wildman–Crippen MR) is 120 cm³/mol. The molecule has 168 valence electrons. The highest BCUT2D eigenvalue weighted by atomic mass is 19.1. The minimum atomic E-state index is -0.863. The number of benzene rings is 1. The number of anilines is 1. The SMILES string of the molecule is COC(C)(C)CCNC(=O)Nc1cc(-c2ccnc(-c3ccnc(C)c3)c2)c(F)cc1F. The van der Waals surface area contributed by atoms with E-state index in [4.69, 9.17) is 4.74 Å². The summed E-state index contributed by atoms with van der Waals surface area (Å²) in [4.78, 5) is 20.7. The summed E-state index contributed by atoms with van der Waals surface area (Å²) in [6.07, 6.45) is 3.80. The Balaban J connectivity index is 1.81. The topological polar surface area (TPSA) is 76.1 Å². The van der Waals surface area contributed by atoms with Crippen molar-refractivity contribution in [1.82, 2.24) is 15.3 Å². The van der Waals surface area contributed by atoms with E-state index >= 15 is 0 Å². The third-order valence-corrected chi connectivity index (χ3v) is 5.13. The highest BCUT2D eigenvalue weighted by Gasteiger charge is 2.17. The number of ether oxygens (including phenoxy) is 1. The molecule has 0 bridgehead atoms. The lowest BCUT2D eigenvalue weighted by Crippen LogP contribution is -2.34. The van der Waals surface area contributed by atoms with Crippen molar-refractivity contribution < 1.29 is 18.3 Å². The van der Waals surface area contributed by atoms with Gasteiger partial charge in [0, 0.05) is 48.9 Å². The fraction of sp³-hybridized carbons (Fsp3) is 0.292. The molecule has 2 N–H and O–H groups in total. The van der Waals surface area contributed by atoms with Gasteiger partial charge in [-0.05, 0) is 63.1 Å². The van der Waals surface area contributed by atoms with Crippen molar-refractivity contribution in [1.29, 1.82) is 0 Å². The molecule has 2 heterocycles. The summed E-state index contributed by atoms with van der Waals surface area (Å²) in [5.74, 6) is -1.60. The van der Waals surface area contributed by atoms with Crippen LogP contribution in [-0.2, 0) is 4.74 Å². The van der Waals surface area contributed by atoms with Crippen LogP contribution in [0.2, 0.25) is 0 Å². The molecule has 0 fully saturated rings. The van der Waals surface area contributed by atoms with Crippen LogP contribution in [-0.4, -0.2) is 35.3 Å². The van der Waals surface area contributed by atoms with Gasteiger partial charge in [0.1, 0.15) is 11.6 Å². The Morgan fingerprint density at radius 2 is 1.75 bits per heavy atom. The molecule has 1 aromatic carbocycles. The highest BCUT2D eigenvalue weighted by molar-refractivity contribution is 5.90. The van der Waals surface area contributed by atoms with E-state index in [1.807, 2.05) is 32.9 Å². The van der Waals surface area contributed by atoms with Crippen LogP contribution in [0.1, 0.15) is 26.0 Å². The molecule has 0 aliphatic carbocycles. The summed E-state index contributed by atoms with van der Waals surface area (Å²) in [6.45, 7) is 6.00. The van der Waals surface area contributed by atoms with Gasteiger partial charge < -0.3 is 15.4 Å². The van der Waals surface area contributed by atoms with Crippen LogP contribution in [0, 0.1) is 18.6 Å². The molecule has 0 unspecified atom stereocenters. The third-order valence-electron chi connectivity index (χ3n) is 5.13. The quantitative estimate of drug-likeness (QED) is 0.520. The first-order chi connectivity index (χ1) is 15.2. The first-order valence-electron chi connectivity index (χ1n) is 10.2. The van der Waals surface area contributed by atoms with Gasteiger partial charge in [-0.25, -0.2) is 13.6 Å². The second-order valence-electron chi connectivity index (χ2n) is 8.02. The number of halogens is 2. The molecule has 8 heteroatoms. The van der Waals surface area contributed by atoms with Crippen molar-refractivity contribution in [3.8, 4) is 22.4 Å². The Bertz CT molecular complexity index is 1120. The van der Waals surface area contributed by atoms with E-state index in [1.54, 1.807) is 31.6 Å². The smallest absolute Gasteiger partial charge is 0.319 e. The maximum atomic E-state index is 14.6. The average molecular weight is 440 g/mol. The summed E-state index contributed by atoms with van der Waals surface area (Å²) in [5, 5.41) is 5.10. The number of nitrogens with zero attached hydrogens (tertiary/aromatic N) is 2. The van der Waals surface area contributed by atoms with Gasteiger partial charge in [-0.2, -0.15) is 0 Å². The van der Waals surface area contributed by atoms with E-state index in [0.717, 1.165) is 17.3 Å². The summed E-state index contributed by atoms with van der Waals surface area (Å²) in [5.41, 5.74) is 2.43. The van der Waals surface area contributed by atoms with Crippen molar-refractivity contribution in [2.75, 3.05) is 19.0 Å². The molecule has 0 saturated carbocycles. The second-order valence-corrected chi connectivity index (χ2v) is 8.02. The standard InChI is InChI=1S/C24H26F2N4O2/c1-15-11-17(6-8-27-15)21-12-16(5-9-28-21)18-13-22(20(26)14-19(18)25)30-23(31)29-10-7-24(2,3)32-4/h5-6,8-9,11-14H,7,10H2,1-4H3,(H2,29,30,31). The molecule has 0 atom stereocenters. The van der Waals surface area contributed by atoms with Crippen LogP contribution in [0.25, 0.3) is 22.4 Å². The maximum Gasteiger partial charge on any atom is 0.319 e. The van der Waals surface area contributed by atoms with Crippen molar-refractivity contribution in [2.24, 2.45) is 0 Å². The van der Waals surface area contributed by atoms with E-state index in [1.165, 1.54) is 6.07 Å². The van der Waals surface area contributed by atoms with E-state index in [-0.39, 0.29) is 11.3 Å². The monoisotopic (exact) mass is 440 g/mol. The Labute approximate surface area is 186 Å². The molecule has 0 aliphatic rings. The van der Waals surface area contributed by atoms with Crippen LogP contribution in [0.3, 0.4) is 0 Å². The van der Waals surface area contributed by atoms with Gasteiger partial charge in [-0.3, -0.25) is 9.97 Å². The van der Waals surface area contributed by atoms with Gasteiger partial charge in [-0.1, -0.05) is 0 Å². The molecule has 0 spiro atoms. The van der Waals surface area contributed by atoms with Gasteiger partial charge >= 0.3 is 6.03 Å². The number of carbonyl (C=O) groups is 1. The second kappa shape index (κ2) is 9.82. The molecule has 2 aromatic heterocycles. The molecule has 3 aromatic rings. The molecule has 3 rings (SSSR count). The van der Waals surface area contributed by atoms with E-state index in [2.05, 4.69) is 20.6 Å². The molecular weight excluding hydrogens is 414 g/mol. The number of nitrogens with one attached hydrogen (secondary N) is 2. The number of carbonyl (C=O) groups excluding carboxylic acids is 1. The Kier molecular flexibility index (Phi) is 7.15. The number of hydrogen-bond donors (Lipinski definition) is 2. The van der Waals surface area contributed by atoms with Gasteiger partial charge in [0.15, 0.2) is 0 Å². The predicted octanol–water partition coefficient (Wildman–Crippen LogP) is 5.33. The van der Waals surface area contributed by atoms with Gasteiger partial charge in [0.25, 0.3) is 0 Å². The minimum Gasteiger partial charge on any atom is -0.379 e. The molecule has 6 nitrogen and oxygen atoms in total. The fourth-order valence-corrected chi connectivity index (χ4v) is 3.07. The molecule has 0 saturated heterocycles. The minimum absolute atomic E-state index is 0.122. The lowest BCUT2D eigenvalue weighted by Gasteiger charge is -2.22. The highest BCUT2D eigenvalue weighted by Crippen LogP contribution is 2.30. The van der Waals surface area contributed by atoms with Crippen molar-refractivity contribution in [2.45, 2.75) is 32.8 Å². The largest absolute Gasteiger partial charge is 0.379 e. The van der Waals surface area contributed by atoms with Crippen LogP contribution < -0.4 is 10.6 Å².